The number of likely N-dealkylation sites (N-methyl/N-ethyl adjacent to an activating group) is 1. The van der Waals surface area contributed by atoms with Gasteiger partial charge < -0.3 is 14.5 Å². The molecule has 6 nitrogen and oxygen atoms in total. The second kappa shape index (κ2) is 6.89. The van der Waals surface area contributed by atoms with E-state index in [0.29, 0.717) is 26.1 Å². The van der Waals surface area contributed by atoms with Crippen LogP contribution in [0, 0.1) is 5.41 Å². The Morgan fingerprint density at radius 1 is 1.42 bits per heavy atom. The molecule has 0 aromatic carbocycles. The number of rotatable bonds is 3. The van der Waals surface area contributed by atoms with Gasteiger partial charge in [0, 0.05) is 46.2 Å². The minimum Gasteiger partial charge on any atom is -0.380 e. The van der Waals surface area contributed by atoms with E-state index in [4.69, 9.17) is 4.74 Å². The summed E-state index contributed by atoms with van der Waals surface area (Å²) in [5, 5.41) is 0. The third kappa shape index (κ3) is 3.29. The second-order valence-corrected chi connectivity index (χ2v) is 6.95. The van der Waals surface area contributed by atoms with Gasteiger partial charge in [0.05, 0.1) is 17.9 Å². The number of carbonyl (C=O) groups is 2. The van der Waals surface area contributed by atoms with Crippen LogP contribution in [-0.4, -0.2) is 66.5 Å². The third-order valence-corrected chi connectivity index (χ3v) is 5.38. The first-order valence-electron chi connectivity index (χ1n) is 8.49. The maximum absolute atomic E-state index is 12.7. The average Bonchev–Trinajstić information content (AvgIpc) is 2.60. The van der Waals surface area contributed by atoms with Crippen molar-refractivity contribution >= 4 is 11.8 Å². The molecule has 24 heavy (non-hydrogen) atoms. The molecule has 2 aliphatic heterocycles. The molecule has 3 rings (SSSR count). The molecule has 0 bridgehead atoms. The number of aromatic nitrogens is 1. The van der Waals surface area contributed by atoms with Crippen molar-refractivity contribution < 1.29 is 14.3 Å². The summed E-state index contributed by atoms with van der Waals surface area (Å²) in [6.45, 7) is 1.92. The van der Waals surface area contributed by atoms with Gasteiger partial charge in [0.2, 0.25) is 11.8 Å². The van der Waals surface area contributed by atoms with Gasteiger partial charge in [-0.25, -0.2) is 0 Å². The predicted molar refractivity (Wildman–Crippen MR) is 89.2 cm³/mol. The molecule has 130 valence electrons. The van der Waals surface area contributed by atoms with Gasteiger partial charge >= 0.3 is 0 Å². The van der Waals surface area contributed by atoms with Crippen LogP contribution in [0.5, 0.6) is 0 Å². The van der Waals surface area contributed by atoms with Gasteiger partial charge in [0.25, 0.3) is 0 Å². The van der Waals surface area contributed by atoms with E-state index < -0.39 is 0 Å². The lowest BCUT2D eigenvalue weighted by Crippen LogP contribution is -2.57. The van der Waals surface area contributed by atoms with Crippen LogP contribution < -0.4 is 0 Å². The molecule has 2 fully saturated rings. The van der Waals surface area contributed by atoms with Crippen molar-refractivity contribution in [1.82, 2.24) is 14.8 Å². The summed E-state index contributed by atoms with van der Waals surface area (Å²) >= 11 is 0. The third-order valence-electron chi connectivity index (χ3n) is 5.38. The molecule has 0 radical (unpaired) electrons. The highest BCUT2D eigenvalue weighted by Gasteiger charge is 2.48. The molecule has 0 saturated carbocycles. The van der Waals surface area contributed by atoms with Crippen LogP contribution in [0.2, 0.25) is 0 Å². The van der Waals surface area contributed by atoms with Crippen LogP contribution in [0.4, 0.5) is 0 Å². The maximum atomic E-state index is 12.7. The lowest BCUT2D eigenvalue weighted by Gasteiger charge is -2.47. The molecular weight excluding hydrogens is 306 g/mol. The fourth-order valence-corrected chi connectivity index (χ4v) is 3.93. The summed E-state index contributed by atoms with van der Waals surface area (Å²) < 4.78 is 5.51. The SMILES string of the molecule is COC1CN(C)C(=O)C2(CCN(C(=O)Cc3cccnc3)CC2)C1. The first-order chi connectivity index (χ1) is 11.5. The molecule has 3 heterocycles. The van der Waals surface area contributed by atoms with Crippen molar-refractivity contribution in [3.63, 3.8) is 0 Å². The molecule has 1 aromatic heterocycles. The van der Waals surface area contributed by atoms with E-state index in [2.05, 4.69) is 4.98 Å². The molecule has 1 spiro atoms. The number of nitrogens with zero attached hydrogens (tertiary/aromatic N) is 3. The maximum Gasteiger partial charge on any atom is 0.228 e. The van der Waals surface area contributed by atoms with E-state index in [-0.39, 0.29) is 23.3 Å². The fourth-order valence-electron chi connectivity index (χ4n) is 3.93. The smallest absolute Gasteiger partial charge is 0.228 e. The molecule has 0 aliphatic carbocycles. The number of methoxy groups -OCH3 is 1. The van der Waals surface area contributed by atoms with E-state index in [1.165, 1.54) is 0 Å². The van der Waals surface area contributed by atoms with E-state index in [1.54, 1.807) is 24.4 Å². The number of carbonyl (C=O) groups excluding carboxylic acids is 2. The number of amides is 2. The van der Waals surface area contributed by atoms with Crippen molar-refractivity contribution in [3.8, 4) is 0 Å². The van der Waals surface area contributed by atoms with E-state index in [9.17, 15) is 9.59 Å². The van der Waals surface area contributed by atoms with Crippen LogP contribution >= 0.6 is 0 Å². The van der Waals surface area contributed by atoms with Crippen molar-refractivity contribution in [2.45, 2.75) is 31.8 Å². The highest BCUT2D eigenvalue weighted by atomic mass is 16.5. The first-order valence-corrected chi connectivity index (χ1v) is 8.49. The number of likely N-dealkylation sites (tertiary alicyclic amines) is 2. The first kappa shape index (κ1) is 16.9. The molecule has 2 saturated heterocycles. The second-order valence-electron chi connectivity index (χ2n) is 6.95. The zero-order chi connectivity index (χ0) is 17.2. The number of piperidine rings is 2. The van der Waals surface area contributed by atoms with Gasteiger partial charge in [-0.1, -0.05) is 6.07 Å². The Kier molecular flexibility index (Phi) is 4.85. The van der Waals surface area contributed by atoms with Gasteiger partial charge in [0.1, 0.15) is 0 Å². The minimum atomic E-state index is -0.362. The number of hydrogen-bond acceptors (Lipinski definition) is 4. The summed E-state index contributed by atoms with van der Waals surface area (Å²) in [5.74, 6) is 0.313. The number of hydrogen-bond donors (Lipinski definition) is 0. The summed E-state index contributed by atoms with van der Waals surface area (Å²) in [7, 11) is 3.55. The normalized spacial score (nSPS) is 23.6. The largest absolute Gasteiger partial charge is 0.380 e. The van der Waals surface area contributed by atoms with Gasteiger partial charge in [-0.3, -0.25) is 14.6 Å². The van der Waals surface area contributed by atoms with Crippen LogP contribution in [0.3, 0.4) is 0 Å². The van der Waals surface area contributed by atoms with E-state index in [1.807, 2.05) is 24.1 Å². The standard InChI is InChI=1S/C18H25N3O3/c1-20-13-15(24-2)11-18(17(20)23)5-8-21(9-6-18)16(22)10-14-4-3-7-19-12-14/h3-4,7,12,15H,5-6,8-11,13H2,1-2H3. The Bertz CT molecular complexity index is 597. The Hall–Kier alpha value is -1.95. The minimum absolute atomic E-state index is 0.0883. The number of pyridine rings is 1. The Morgan fingerprint density at radius 2 is 2.17 bits per heavy atom. The lowest BCUT2D eigenvalue weighted by atomic mass is 9.71. The zero-order valence-corrected chi connectivity index (χ0v) is 14.4. The van der Waals surface area contributed by atoms with Crippen molar-refractivity contribution in [2.24, 2.45) is 5.41 Å². The van der Waals surface area contributed by atoms with Crippen LogP contribution in [0.15, 0.2) is 24.5 Å². The van der Waals surface area contributed by atoms with Gasteiger partial charge in [-0.15, -0.1) is 0 Å². The summed E-state index contributed by atoms with van der Waals surface area (Å²) in [5.41, 5.74) is 0.564. The van der Waals surface area contributed by atoms with Crippen molar-refractivity contribution in [1.29, 1.82) is 0 Å². The van der Waals surface area contributed by atoms with Gasteiger partial charge in [0.15, 0.2) is 0 Å². The van der Waals surface area contributed by atoms with Crippen LogP contribution in [0.25, 0.3) is 0 Å². The van der Waals surface area contributed by atoms with E-state index in [0.717, 1.165) is 24.8 Å². The molecule has 2 amide bonds. The molecule has 1 unspecified atom stereocenters. The van der Waals surface area contributed by atoms with Crippen LogP contribution in [-0.2, 0) is 20.7 Å². The predicted octanol–water partition coefficient (Wildman–Crippen LogP) is 1.11. The zero-order valence-electron chi connectivity index (χ0n) is 14.4. The Labute approximate surface area is 142 Å². The quantitative estimate of drug-likeness (QED) is 0.832. The molecule has 6 heteroatoms. The molecule has 2 aliphatic rings. The van der Waals surface area contributed by atoms with Crippen molar-refractivity contribution in [3.05, 3.63) is 30.1 Å². The summed E-state index contributed by atoms with van der Waals surface area (Å²) in [6.07, 6.45) is 6.09. The molecule has 1 aromatic rings. The highest BCUT2D eigenvalue weighted by molar-refractivity contribution is 5.84. The number of ether oxygens (including phenoxy) is 1. The molecule has 1 atom stereocenters. The van der Waals surface area contributed by atoms with Gasteiger partial charge in [-0.05, 0) is 30.9 Å². The molecular formula is C18H25N3O3. The van der Waals surface area contributed by atoms with Crippen LogP contribution in [0.1, 0.15) is 24.8 Å². The summed E-state index contributed by atoms with van der Waals surface area (Å²) in [4.78, 5) is 32.9. The van der Waals surface area contributed by atoms with Crippen molar-refractivity contribution in [2.75, 3.05) is 33.8 Å². The topological polar surface area (TPSA) is 62.7 Å². The highest BCUT2D eigenvalue weighted by Crippen LogP contribution is 2.41. The lowest BCUT2D eigenvalue weighted by molar-refractivity contribution is -0.158. The Morgan fingerprint density at radius 3 is 2.79 bits per heavy atom. The average molecular weight is 331 g/mol. The molecule has 0 N–H and O–H groups in total. The summed E-state index contributed by atoms with van der Waals surface area (Å²) in [6, 6.07) is 3.76. The van der Waals surface area contributed by atoms with E-state index >= 15 is 0 Å². The fraction of sp³-hybridized carbons (Fsp3) is 0.611. The van der Waals surface area contributed by atoms with Gasteiger partial charge in [-0.2, -0.15) is 0 Å². The Balaban J connectivity index is 1.62. The monoisotopic (exact) mass is 331 g/mol.